The Morgan fingerprint density at radius 2 is 2.12 bits per heavy atom. The van der Waals surface area contributed by atoms with Crippen LogP contribution in [0.5, 0.6) is 0 Å². The van der Waals surface area contributed by atoms with Crippen LogP contribution in [0.3, 0.4) is 0 Å². The van der Waals surface area contributed by atoms with Crippen molar-refractivity contribution < 1.29 is 13.4 Å². The van der Waals surface area contributed by atoms with Crippen molar-refractivity contribution in [2.75, 3.05) is 5.32 Å². The molecule has 0 bridgehead atoms. The molecule has 2 aromatic heterocycles. The average Bonchev–Trinajstić information content (AvgIpc) is 3.03. The van der Waals surface area contributed by atoms with Crippen LogP contribution in [0.4, 0.5) is 10.1 Å². The molecule has 3 aromatic rings. The Bertz CT molecular complexity index is 1370. The third-order valence-corrected chi connectivity index (χ3v) is 6.57. The van der Waals surface area contributed by atoms with Crippen molar-refractivity contribution in [2.24, 2.45) is 7.05 Å². The molecule has 8 nitrogen and oxygen atoms in total. The number of carbonyl (C=O) groups excluding carboxylic acids is 1. The average molecular weight is 450 g/mol. The number of nitriles is 1. The van der Waals surface area contributed by atoms with E-state index in [4.69, 9.17) is 10.0 Å². The van der Waals surface area contributed by atoms with E-state index in [0.29, 0.717) is 12.0 Å². The van der Waals surface area contributed by atoms with Gasteiger partial charge in [-0.3, -0.25) is 4.79 Å². The molecule has 0 spiro atoms. The molecule has 0 saturated heterocycles. The highest BCUT2D eigenvalue weighted by atomic mass is 32.2. The van der Waals surface area contributed by atoms with Gasteiger partial charge in [0.25, 0.3) is 5.91 Å². The lowest BCUT2D eigenvalue weighted by Crippen LogP contribution is -2.33. The first-order valence-corrected chi connectivity index (χ1v) is 11.2. The summed E-state index contributed by atoms with van der Waals surface area (Å²) in [4.78, 5) is 16.6. The van der Waals surface area contributed by atoms with Crippen molar-refractivity contribution in [3.63, 3.8) is 0 Å². The third-order valence-electron chi connectivity index (χ3n) is 4.99. The molecule has 1 aromatic carbocycles. The number of rotatable bonds is 4. The second-order valence-corrected chi connectivity index (χ2v) is 9.11. The summed E-state index contributed by atoms with van der Waals surface area (Å²) in [5, 5.41) is 11.5. The Morgan fingerprint density at radius 3 is 2.84 bits per heavy atom. The van der Waals surface area contributed by atoms with Gasteiger partial charge in [-0.05, 0) is 18.1 Å². The molecule has 1 aliphatic rings. The molecule has 1 amide bonds. The van der Waals surface area contributed by atoms with E-state index in [1.54, 1.807) is 25.3 Å². The number of hydrogen-bond donors (Lipinski definition) is 3. The molecular formula is C22H19FN6O2S. The van der Waals surface area contributed by atoms with Crippen molar-refractivity contribution in [2.45, 2.75) is 17.4 Å². The highest BCUT2D eigenvalue weighted by molar-refractivity contribution is 7.90. The van der Waals surface area contributed by atoms with Gasteiger partial charge in [0, 0.05) is 36.6 Å². The summed E-state index contributed by atoms with van der Waals surface area (Å²) in [6, 6.07) is 13.2. The van der Waals surface area contributed by atoms with Crippen LogP contribution in [0, 0.1) is 22.1 Å². The highest BCUT2D eigenvalue weighted by Crippen LogP contribution is 2.28. The smallest absolute Gasteiger partial charge is 0.272 e. The minimum atomic E-state index is -3.40. The van der Waals surface area contributed by atoms with Crippen LogP contribution < -0.4 is 10.0 Å². The quantitative estimate of drug-likeness (QED) is 0.528. The molecule has 2 unspecified atom stereocenters. The van der Waals surface area contributed by atoms with Crippen LogP contribution in [0.2, 0.25) is 0 Å². The lowest BCUT2D eigenvalue weighted by molar-refractivity contribution is 0.101. The Balaban J connectivity index is 1.68. The number of benzene rings is 1. The second-order valence-electron chi connectivity index (χ2n) is 7.33. The molecule has 3 N–H and O–H groups in total. The number of nitrogens with one attached hydrogen (secondary N) is 3. The van der Waals surface area contributed by atoms with E-state index in [2.05, 4.69) is 15.0 Å². The van der Waals surface area contributed by atoms with Gasteiger partial charge in [0.2, 0.25) is 5.95 Å². The molecule has 0 saturated carbocycles. The van der Waals surface area contributed by atoms with Crippen molar-refractivity contribution in [3.05, 3.63) is 83.2 Å². The van der Waals surface area contributed by atoms with E-state index in [-0.39, 0.29) is 28.0 Å². The zero-order valence-corrected chi connectivity index (χ0v) is 17.8. The second kappa shape index (κ2) is 8.37. The summed E-state index contributed by atoms with van der Waals surface area (Å²) in [6.07, 6.45) is 5.47. The molecule has 32 heavy (non-hydrogen) atoms. The van der Waals surface area contributed by atoms with Crippen LogP contribution in [0.25, 0.3) is 6.08 Å². The zero-order chi connectivity index (χ0) is 22.9. The van der Waals surface area contributed by atoms with E-state index in [0.717, 1.165) is 11.6 Å². The first-order valence-electron chi connectivity index (χ1n) is 9.63. The van der Waals surface area contributed by atoms with Crippen LogP contribution in [-0.4, -0.2) is 25.7 Å². The molecule has 10 heteroatoms. The first-order chi connectivity index (χ1) is 15.3. The van der Waals surface area contributed by atoms with Crippen LogP contribution >= 0.6 is 0 Å². The van der Waals surface area contributed by atoms with E-state index in [1.165, 1.54) is 16.8 Å². The van der Waals surface area contributed by atoms with Crippen molar-refractivity contribution >= 4 is 27.6 Å². The topological polar surface area (TPSA) is 124 Å². The summed E-state index contributed by atoms with van der Waals surface area (Å²) < 4.78 is 39.6. The number of fused-ring (bicyclic) bond motifs is 1. The summed E-state index contributed by atoms with van der Waals surface area (Å²) in [6.45, 7) is 0. The minimum Gasteiger partial charge on any atom is -0.345 e. The lowest BCUT2D eigenvalue weighted by atomic mass is 10.1. The minimum absolute atomic E-state index is 0.0679. The van der Waals surface area contributed by atoms with Gasteiger partial charge in [-0.2, -0.15) is 9.65 Å². The molecule has 162 valence electrons. The number of amides is 1. The third kappa shape index (κ3) is 4.30. The first kappa shape index (κ1) is 21.4. The van der Waals surface area contributed by atoms with Crippen molar-refractivity contribution in [1.82, 2.24) is 14.3 Å². The van der Waals surface area contributed by atoms with Gasteiger partial charge in [-0.1, -0.05) is 42.5 Å². The van der Waals surface area contributed by atoms with E-state index < -0.39 is 21.8 Å². The Morgan fingerprint density at radius 1 is 1.38 bits per heavy atom. The molecule has 1 aliphatic heterocycles. The number of carbonyl (C=O) groups is 1. The van der Waals surface area contributed by atoms with E-state index in [9.17, 15) is 13.4 Å². The van der Waals surface area contributed by atoms with Gasteiger partial charge >= 0.3 is 0 Å². The standard InChI is InChI=1S/C22H19FN6O2S/c1-29-13-19-18(21(29)22(30)27-16-10-17(12-24)26-20(23)11-16)8-7-15(28-32(19,25)31)9-14-5-3-2-4-6-14/h2-8,10-11,13,15H,9H2,1H3,(H2,25,28,31)(H,26,27,30). The Hall–Kier alpha value is -3.81. The maximum absolute atomic E-state index is 13.6. The summed E-state index contributed by atoms with van der Waals surface area (Å²) >= 11 is 0. The molecule has 3 heterocycles. The zero-order valence-electron chi connectivity index (χ0n) is 17.0. The number of aromatic nitrogens is 2. The van der Waals surface area contributed by atoms with Crippen LogP contribution in [0.1, 0.15) is 27.3 Å². The molecule has 0 radical (unpaired) electrons. The molecule has 4 rings (SSSR count). The predicted octanol–water partition coefficient (Wildman–Crippen LogP) is 3.23. The van der Waals surface area contributed by atoms with Gasteiger partial charge in [0.05, 0.1) is 4.90 Å². The summed E-state index contributed by atoms with van der Waals surface area (Å²) in [5.74, 6) is -1.49. The number of halogens is 1. The molecule has 0 aliphatic carbocycles. The van der Waals surface area contributed by atoms with E-state index >= 15 is 0 Å². The normalized spacial score (nSPS) is 19.6. The van der Waals surface area contributed by atoms with Crippen molar-refractivity contribution in [1.29, 1.82) is 10.0 Å². The van der Waals surface area contributed by atoms with Gasteiger partial charge in [0.15, 0.2) is 0 Å². The predicted molar refractivity (Wildman–Crippen MR) is 118 cm³/mol. The highest BCUT2D eigenvalue weighted by Gasteiger charge is 2.28. The molecule has 0 fully saturated rings. The Kier molecular flexibility index (Phi) is 5.61. The number of anilines is 1. The summed E-state index contributed by atoms with van der Waals surface area (Å²) in [5.41, 5.74) is 1.42. The van der Waals surface area contributed by atoms with Crippen LogP contribution in [0.15, 0.2) is 59.6 Å². The fraction of sp³-hybridized carbons (Fsp3) is 0.136. The Labute approximate surface area is 184 Å². The lowest BCUT2D eigenvalue weighted by Gasteiger charge is -2.15. The van der Waals surface area contributed by atoms with Crippen LogP contribution in [-0.2, 0) is 23.4 Å². The maximum atomic E-state index is 13.6. The molecule has 2 atom stereocenters. The number of pyridine rings is 1. The number of aryl methyl sites for hydroxylation is 1. The maximum Gasteiger partial charge on any atom is 0.272 e. The van der Waals surface area contributed by atoms with Gasteiger partial charge in [-0.15, -0.1) is 0 Å². The number of nitrogens with zero attached hydrogens (tertiary/aromatic N) is 3. The van der Waals surface area contributed by atoms with Gasteiger partial charge < -0.3 is 9.88 Å². The van der Waals surface area contributed by atoms with E-state index in [1.807, 2.05) is 30.3 Å². The molecular weight excluding hydrogens is 431 g/mol. The van der Waals surface area contributed by atoms with Gasteiger partial charge in [-0.25, -0.2) is 18.7 Å². The van der Waals surface area contributed by atoms with Gasteiger partial charge in [0.1, 0.15) is 27.4 Å². The van der Waals surface area contributed by atoms with Crippen molar-refractivity contribution in [3.8, 4) is 6.07 Å². The summed E-state index contributed by atoms with van der Waals surface area (Å²) in [7, 11) is -1.80. The fourth-order valence-corrected chi connectivity index (χ4v) is 5.11. The SMILES string of the molecule is Cn1cc2c(c1C(=O)Nc1cc(F)nc(C#N)c1)C=CC(Cc1ccccc1)NS2(=N)=O. The fourth-order valence-electron chi connectivity index (χ4n) is 3.61. The monoisotopic (exact) mass is 450 g/mol. The largest absolute Gasteiger partial charge is 0.345 e. The number of hydrogen-bond acceptors (Lipinski definition) is 5.